The maximum absolute atomic E-state index is 12.5. The Hall–Kier alpha value is -1.44. The highest BCUT2D eigenvalue weighted by molar-refractivity contribution is 7.89. The predicted molar refractivity (Wildman–Crippen MR) is 71.2 cm³/mol. The second kappa shape index (κ2) is 5.28. The van der Waals surface area contributed by atoms with E-state index in [0.29, 0.717) is 19.6 Å². The van der Waals surface area contributed by atoms with Crippen molar-refractivity contribution in [3.05, 3.63) is 29.8 Å². The van der Waals surface area contributed by atoms with Gasteiger partial charge in [0.15, 0.2) is 0 Å². The lowest BCUT2D eigenvalue weighted by Gasteiger charge is -2.32. The number of piperazine rings is 1. The second-order valence-electron chi connectivity index (χ2n) is 4.56. The standard InChI is InChI=1S/C12H17N3O3S/c1-9-8-14-5-6-15(9)19(17,18)11-4-2-3-10(7-11)12(13)16/h2-4,7,9,14H,5-6,8H2,1H3,(H2,13,16). The molecular weight excluding hydrogens is 266 g/mol. The molecule has 1 aromatic rings. The maximum atomic E-state index is 12.5. The van der Waals surface area contributed by atoms with Crippen LogP contribution in [0.25, 0.3) is 0 Å². The summed E-state index contributed by atoms with van der Waals surface area (Å²) in [4.78, 5) is 11.2. The first-order valence-corrected chi connectivity index (χ1v) is 7.49. The lowest BCUT2D eigenvalue weighted by molar-refractivity contribution is 0.1000. The summed E-state index contributed by atoms with van der Waals surface area (Å²) in [7, 11) is -3.58. The highest BCUT2D eigenvalue weighted by atomic mass is 32.2. The number of amides is 1. The van der Waals surface area contributed by atoms with Gasteiger partial charge in [0, 0.05) is 31.2 Å². The van der Waals surface area contributed by atoms with E-state index in [1.807, 2.05) is 6.92 Å². The van der Waals surface area contributed by atoms with Gasteiger partial charge in [0.1, 0.15) is 0 Å². The first kappa shape index (κ1) is 14.0. The van der Waals surface area contributed by atoms with Gasteiger partial charge in [-0.05, 0) is 25.1 Å². The highest BCUT2D eigenvalue weighted by Crippen LogP contribution is 2.20. The van der Waals surface area contributed by atoms with Crippen molar-refractivity contribution < 1.29 is 13.2 Å². The number of nitrogens with zero attached hydrogens (tertiary/aromatic N) is 1. The average Bonchev–Trinajstić information content (AvgIpc) is 2.39. The number of nitrogens with two attached hydrogens (primary N) is 1. The van der Waals surface area contributed by atoms with Gasteiger partial charge in [-0.2, -0.15) is 4.31 Å². The van der Waals surface area contributed by atoms with E-state index in [1.54, 1.807) is 0 Å². The molecule has 0 aromatic heterocycles. The highest BCUT2D eigenvalue weighted by Gasteiger charge is 2.31. The second-order valence-corrected chi connectivity index (χ2v) is 6.45. The molecule has 0 saturated carbocycles. The number of sulfonamides is 1. The molecule has 1 aliphatic heterocycles. The Balaban J connectivity index is 2.38. The molecule has 1 saturated heterocycles. The summed E-state index contributed by atoms with van der Waals surface area (Å²) < 4.78 is 26.5. The van der Waals surface area contributed by atoms with E-state index in [0.717, 1.165) is 0 Å². The van der Waals surface area contributed by atoms with Crippen molar-refractivity contribution in [3.63, 3.8) is 0 Å². The Bertz CT molecular complexity index is 586. The van der Waals surface area contributed by atoms with E-state index in [-0.39, 0.29) is 16.5 Å². The molecule has 1 heterocycles. The smallest absolute Gasteiger partial charge is 0.248 e. The van der Waals surface area contributed by atoms with Crippen molar-refractivity contribution in [2.24, 2.45) is 5.73 Å². The summed E-state index contributed by atoms with van der Waals surface area (Å²) in [5.74, 6) is -0.634. The number of hydrogen-bond acceptors (Lipinski definition) is 4. The molecule has 1 aliphatic rings. The van der Waals surface area contributed by atoms with Crippen LogP contribution in [0.4, 0.5) is 0 Å². The van der Waals surface area contributed by atoms with Gasteiger partial charge >= 0.3 is 0 Å². The fourth-order valence-corrected chi connectivity index (χ4v) is 3.80. The third-order valence-electron chi connectivity index (χ3n) is 3.17. The summed E-state index contributed by atoms with van der Waals surface area (Å²) in [6, 6.07) is 5.72. The lowest BCUT2D eigenvalue weighted by atomic mass is 10.2. The van der Waals surface area contributed by atoms with Crippen LogP contribution in [0.1, 0.15) is 17.3 Å². The zero-order valence-electron chi connectivity index (χ0n) is 10.7. The van der Waals surface area contributed by atoms with Gasteiger partial charge in [-0.25, -0.2) is 8.42 Å². The number of carbonyl (C=O) groups is 1. The van der Waals surface area contributed by atoms with E-state index in [9.17, 15) is 13.2 Å². The van der Waals surface area contributed by atoms with Crippen LogP contribution >= 0.6 is 0 Å². The Morgan fingerprint density at radius 3 is 2.84 bits per heavy atom. The van der Waals surface area contributed by atoms with Gasteiger partial charge in [-0.15, -0.1) is 0 Å². The van der Waals surface area contributed by atoms with E-state index in [4.69, 9.17) is 5.73 Å². The van der Waals surface area contributed by atoms with E-state index in [1.165, 1.54) is 28.6 Å². The Morgan fingerprint density at radius 2 is 2.21 bits per heavy atom. The van der Waals surface area contributed by atoms with Gasteiger partial charge in [0.25, 0.3) is 0 Å². The molecule has 3 N–H and O–H groups in total. The number of benzene rings is 1. The van der Waals surface area contributed by atoms with Crippen LogP contribution in [0, 0.1) is 0 Å². The first-order valence-electron chi connectivity index (χ1n) is 6.05. The monoisotopic (exact) mass is 283 g/mol. The third-order valence-corrected chi connectivity index (χ3v) is 5.18. The molecular formula is C12H17N3O3S. The Labute approximate surface area is 112 Å². The van der Waals surface area contributed by atoms with Gasteiger partial charge in [-0.1, -0.05) is 6.07 Å². The molecule has 0 bridgehead atoms. The van der Waals surface area contributed by atoms with Crippen molar-refractivity contribution in [2.45, 2.75) is 17.9 Å². The summed E-state index contributed by atoms with van der Waals surface area (Å²) in [6.45, 7) is 3.51. The molecule has 1 aromatic carbocycles. The van der Waals surface area contributed by atoms with Crippen molar-refractivity contribution >= 4 is 15.9 Å². The number of primary amides is 1. The number of carbonyl (C=O) groups excluding carboxylic acids is 1. The summed E-state index contributed by atoms with van der Waals surface area (Å²) in [5, 5.41) is 3.14. The quantitative estimate of drug-likeness (QED) is 0.801. The van der Waals surface area contributed by atoms with E-state index < -0.39 is 15.9 Å². The van der Waals surface area contributed by atoms with Crippen molar-refractivity contribution in [1.29, 1.82) is 0 Å². The van der Waals surface area contributed by atoms with Crippen LogP contribution in [-0.2, 0) is 10.0 Å². The van der Waals surface area contributed by atoms with Crippen LogP contribution in [-0.4, -0.2) is 44.3 Å². The van der Waals surface area contributed by atoms with Gasteiger partial charge < -0.3 is 11.1 Å². The van der Waals surface area contributed by atoms with Crippen molar-refractivity contribution in [1.82, 2.24) is 9.62 Å². The average molecular weight is 283 g/mol. The number of nitrogens with one attached hydrogen (secondary N) is 1. The van der Waals surface area contributed by atoms with Crippen LogP contribution < -0.4 is 11.1 Å². The van der Waals surface area contributed by atoms with Gasteiger partial charge in [0.2, 0.25) is 15.9 Å². The molecule has 1 unspecified atom stereocenters. The normalized spacial score (nSPS) is 21.2. The van der Waals surface area contributed by atoms with Crippen LogP contribution in [0.5, 0.6) is 0 Å². The van der Waals surface area contributed by atoms with Gasteiger partial charge in [-0.3, -0.25) is 4.79 Å². The minimum Gasteiger partial charge on any atom is -0.366 e. The fourth-order valence-electron chi connectivity index (χ4n) is 2.12. The topological polar surface area (TPSA) is 92.5 Å². The summed E-state index contributed by atoms with van der Waals surface area (Å²) in [5.41, 5.74) is 5.37. The Kier molecular flexibility index (Phi) is 3.88. The SMILES string of the molecule is CC1CNCCN1S(=O)(=O)c1cccc(C(N)=O)c1. The zero-order chi connectivity index (χ0) is 14.0. The molecule has 7 heteroatoms. The molecule has 19 heavy (non-hydrogen) atoms. The molecule has 2 rings (SSSR count). The molecule has 6 nitrogen and oxygen atoms in total. The molecule has 1 atom stereocenters. The van der Waals surface area contributed by atoms with Crippen LogP contribution in [0.2, 0.25) is 0 Å². The zero-order valence-corrected chi connectivity index (χ0v) is 11.5. The Morgan fingerprint density at radius 1 is 1.47 bits per heavy atom. The largest absolute Gasteiger partial charge is 0.366 e. The molecule has 104 valence electrons. The van der Waals surface area contributed by atoms with E-state index >= 15 is 0 Å². The molecule has 0 spiro atoms. The minimum atomic E-state index is -3.58. The fraction of sp³-hybridized carbons (Fsp3) is 0.417. The predicted octanol–water partition coefficient (Wildman–Crippen LogP) is -0.232. The van der Waals surface area contributed by atoms with Crippen molar-refractivity contribution in [2.75, 3.05) is 19.6 Å². The molecule has 1 amide bonds. The van der Waals surface area contributed by atoms with Crippen LogP contribution in [0.3, 0.4) is 0 Å². The van der Waals surface area contributed by atoms with Crippen molar-refractivity contribution in [3.8, 4) is 0 Å². The van der Waals surface area contributed by atoms with Crippen LogP contribution in [0.15, 0.2) is 29.2 Å². The molecule has 0 aliphatic carbocycles. The summed E-state index contributed by atoms with van der Waals surface area (Å²) >= 11 is 0. The molecule has 0 radical (unpaired) electrons. The van der Waals surface area contributed by atoms with E-state index in [2.05, 4.69) is 5.32 Å². The number of hydrogen-bond donors (Lipinski definition) is 2. The molecule has 1 fully saturated rings. The number of rotatable bonds is 3. The van der Waals surface area contributed by atoms with Gasteiger partial charge in [0.05, 0.1) is 4.90 Å². The third kappa shape index (κ3) is 2.78. The summed E-state index contributed by atoms with van der Waals surface area (Å²) in [6.07, 6.45) is 0. The first-order chi connectivity index (χ1) is 8.93. The lowest BCUT2D eigenvalue weighted by Crippen LogP contribution is -2.52. The minimum absolute atomic E-state index is 0.109. The maximum Gasteiger partial charge on any atom is 0.248 e.